The molecule has 0 aromatic carbocycles. The lowest BCUT2D eigenvalue weighted by Crippen LogP contribution is -2.45. The number of urea groups is 1. The molecule has 1 aliphatic heterocycles. The summed E-state index contributed by atoms with van der Waals surface area (Å²) < 4.78 is 10.4. The number of amides is 2. The number of rotatable bonds is 5. The van der Waals surface area contributed by atoms with E-state index in [-0.39, 0.29) is 42.6 Å². The van der Waals surface area contributed by atoms with Crippen molar-refractivity contribution in [2.24, 2.45) is 17.3 Å². The number of carbonyl (C=O) groups excluding carboxylic acids is 3. The predicted octanol–water partition coefficient (Wildman–Crippen LogP) is 2.51. The van der Waals surface area contributed by atoms with Gasteiger partial charge in [0.2, 0.25) is 0 Å². The Bertz CT molecular complexity index is 583. The van der Waals surface area contributed by atoms with Crippen molar-refractivity contribution in [2.75, 3.05) is 19.8 Å². The first-order chi connectivity index (χ1) is 12.2. The molecular formula is C19H30N2O5. The molecule has 0 radical (unpaired) electrons. The van der Waals surface area contributed by atoms with Crippen LogP contribution in [0.4, 0.5) is 4.79 Å². The van der Waals surface area contributed by atoms with Gasteiger partial charge in [-0.15, -0.1) is 0 Å². The molecule has 2 aliphatic rings. The van der Waals surface area contributed by atoms with Crippen molar-refractivity contribution in [2.45, 2.75) is 53.4 Å². The largest absolute Gasteiger partial charge is 0.463 e. The molecule has 0 bridgehead atoms. The van der Waals surface area contributed by atoms with E-state index in [4.69, 9.17) is 9.47 Å². The van der Waals surface area contributed by atoms with Crippen molar-refractivity contribution in [1.82, 2.24) is 10.6 Å². The topological polar surface area (TPSA) is 93.7 Å². The van der Waals surface area contributed by atoms with Crippen LogP contribution in [0.5, 0.6) is 0 Å². The van der Waals surface area contributed by atoms with Crippen molar-refractivity contribution >= 4 is 18.0 Å². The maximum absolute atomic E-state index is 12.4. The summed E-state index contributed by atoms with van der Waals surface area (Å²) in [4.78, 5) is 35.9. The highest BCUT2D eigenvalue weighted by Gasteiger charge is 2.33. The van der Waals surface area contributed by atoms with Crippen LogP contribution >= 0.6 is 0 Å². The van der Waals surface area contributed by atoms with Crippen LogP contribution in [-0.4, -0.2) is 37.7 Å². The van der Waals surface area contributed by atoms with Crippen LogP contribution in [-0.2, 0) is 19.1 Å². The SMILES string of the molecule is CCOC(=O)C1=C(COC(=O)C2CCC(C(C)(C)C)CC2)NC(=O)NC1. The van der Waals surface area contributed by atoms with Gasteiger partial charge < -0.3 is 20.1 Å². The van der Waals surface area contributed by atoms with Crippen molar-refractivity contribution in [3.63, 3.8) is 0 Å². The van der Waals surface area contributed by atoms with Crippen LogP contribution < -0.4 is 10.6 Å². The minimum absolute atomic E-state index is 0.0637. The van der Waals surface area contributed by atoms with Crippen LogP contribution in [0.2, 0.25) is 0 Å². The smallest absolute Gasteiger partial charge is 0.337 e. The molecule has 1 saturated carbocycles. The van der Waals surface area contributed by atoms with Crippen LogP contribution in [0.25, 0.3) is 0 Å². The fraction of sp³-hybridized carbons (Fsp3) is 0.737. The molecule has 7 heteroatoms. The number of carbonyl (C=O) groups is 3. The molecule has 7 nitrogen and oxygen atoms in total. The molecule has 2 N–H and O–H groups in total. The second-order valence-electron chi connectivity index (χ2n) is 8.01. The van der Waals surface area contributed by atoms with Gasteiger partial charge in [0, 0.05) is 0 Å². The van der Waals surface area contributed by atoms with Gasteiger partial charge in [-0.3, -0.25) is 4.79 Å². The van der Waals surface area contributed by atoms with Crippen LogP contribution in [0.1, 0.15) is 53.4 Å². The van der Waals surface area contributed by atoms with E-state index in [2.05, 4.69) is 31.4 Å². The normalized spacial score (nSPS) is 23.8. The molecule has 0 unspecified atom stereocenters. The molecule has 1 heterocycles. The molecule has 2 rings (SSSR count). The summed E-state index contributed by atoms with van der Waals surface area (Å²) in [6.45, 7) is 8.59. The average molecular weight is 366 g/mol. The first-order valence-electron chi connectivity index (χ1n) is 9.33. The number of ether oxygens (including phenoxy) is 2. The van der Waals surface area contributed by atoms with E-state index in [9.17, 15) is 14.4 Å². The molecule has 0 aromatic heterocycles. The number of nitrogens with one attached hydrogen (secondary N) is 2. The van der Waals surface area contributed by atoms with E-state index >= 15 is 0 Å². The molecule has 0 aromatic rings. The second kappa shape index (κ2) is 8.56. The van der Waals surface area contributed by atoms with Crippen LogP contribution in [0.3, 0.4) is 0 Å². The Morgan fingerprint density at radius 1 is 1.12 bits per heavy atom. The highest BCUT2D eigenvalue weighted by atomic mass is 16.5. The summed E-state index contributed by atoms with van der Waals surface area (Å²) in [7, 11) is 0. The zero-order chi connectivity index (χ0) is 19.3. The molecule has 0 spiro atoms. The average Bonchev–Trinajstić information content (AvgIpc) is 2.59. The standard InChI is InChI=1S/C19H30N2O5/c1-5-25-17(23)14-10-20-18(24)21-15(14)11-26-16(22)12-6-8-13(9-7-12)19(2,3)4/h12-13H,5-11H2,1-4H3,(H2,20,21,24). The van der Waals surface area contributed by atoms with Gasteiger partial charge in [0.05, 0.1) is 30.3 Å². The molecular weight excluding hydrogens is 336 g/mol. The molecule has 0 atom stereocenters. The van der Waals surface area contributed by atoms with Crippen molar-refractivity contribution < 1.29 is 23.9 Å². The van der Waals surface area contributed by atoms with E-state index in [1.165, 1.54) is 0 Å². The summed E-state index contributed by atoms with van der Waals surface area (Å²) in [6.07, 6.45) is 3.67. The molecule has 0 saturated heterocycles. The second-order valence-corrected chi connectivity index (χ2v) is 8.01. The zero-order valence-corrected chi connectivity index (χ0v) is 16.1. The van der Waals surface area contributed by atoms with Gasteiger partial charge in [-0.05, 0) is 43.9 Å². The van der Waals surface area contributed by atoms with Crippen molar-refractivity contribution in [1.29, 1.82) is 0 Å². The van der Waals surface area contributed by atoms with Gasteiger partial charge in [0.1, 0.15) is 6.61 Å². The molecule has 146 valence electrons. The third-order valence-corrected chi connectivity index (χ3v) is 5.22. The Kier molecular flexibility index (Phi) is 6.67. The first kappa shape index (κ1) is 20.3. The summed E-state index contributed by atoms with van der Waals surface area (Å²) in [5.41, 5.74) is 0.841. The monoisotopic (exact) mass is 366 g/mol. The molecule has 1 fully saturated rings. The van der Waals surface area contributed by atoms with E-state index in [1.54, 1.807) is 6.92 Å². The molecule has 26 heavy (non-hydrogen) atoms. The minimum atomic E-state index is -0.517. The third-order valence-electron chi connectivity index (χ3n) is 5.22. The Morgan fingerprint density at radius 2 is 1.77 bits per heavy atom. The lowest BCUT2D eigenvalue weighted by atomic mass is 9.70. The maximum Gasteiger partial charge on any atom is 0.337 e. The summed E-state index contributed by atoms with van der Waals surface area (Å²) in [6, 6.07) is -0.421. The van der Waals surface area contributed by atoms with Crippen LogP contribution in [0, 0.1) is 17.3 Å². The van der Waals surface area contributed by atoms with Gasteiger partial charge in [-0.1, -0.05) is 20.8 Å². The lowest BCUT2D eigenvalue weighted by molar-refractivity contribution is -0.149. The lowest BCUT2D eigenvalue weighted by Gasteiger charge is -2.36. The summed E-state index contributed by atoms with van der Waals surface area (Å²) in [5, 5.41) is 5.06. The fourth-order valence-corrected chi connectivity index (χ4v) is 3.53. The molecule has 2 amide bonds. The zero-order valence-electron chi connectivity index (χ0n) is 16.1. The van der Waals surface area contributed by atoms with Gasteiger partial charge in [0.25, 0.3) is 0 Å². The Labute approximate surface area is 154 Å². The first-order valence-corrected chi connectivity index (χ1v) is 9.33. The predicted molar refractivity (Wildman–Crippen MR) is 96.1 cm³/mol. The molecule has 1 aliphatic carbocycles. The highest BCUT2D eigenvalue weighted by Crippen LogP contribution is 2.40. The summed E-state index contributed by atoms with van der Waals surface area (Å²) >= 11 is 0. The van der Waals surface area contributed by atoms with E-state index < -0.39 is 12.0 Å². The Hall–Kier alpha value is -2.05. The Balaban J connectivity index is 1.92. The van der Waals surface area contributed by atoms with E-state index in [1.807, 2.05) is 0 Å². The van der Waals surface area contributed by atoms with Crippen molar-refractivity contribution in [3.05, 3.63) is 11.3 Å². The number of hydrogen-bond donors (Lipinski definition) is 2. The fourth-order valence-electron chi connectivity index (χ4n) is 3.53. The number of esters is 2. The highest BCUT2D eigenvalue weighted by molar-refractivity contribution is 5.93. The Morgan fingerprint density at radius 3 is 2.35 bits per heavy atom. The van der Waals surface area contributed by atoms with Gasteiger partial charge in [-0.2, -0.15) is 0 Å². The minimum Gasteiger partial charge on any atom is -0.463 e. The van der Waals surface area contributed by atoms with Crippen LogP contribution in [0.15, 0.2) is 11.3 Å². The van der Waals surface area contributed by atoms with Gasteiger partial charge in [-0.25, -0.2) is 9.59 Å². The van der Waals surface area contributed by atoms with Crippen molar-refractivity contribution in [3.8, 4) is 0 Å². The quantitative estimate of drug-likeness (QED) is 0.729. The van der Waals surface area contributed by atoms with Gasteiger partial charge >= 0.3 is 18.0 Å². The van der Waals surface area contributed by atoms with Gasteiger partial charge in [0.15, 0.2) is 0 Å². The maximum atomic E-state index is 12.4. The number of hydrogen-bond acceptors (Lipinski definition) is 5. The van der Waals surface area contributed by atoms with E-state index in [0.29, 0.717) is 11.6 Å². The van der Waals surface area contributed by atoms with E-state index in [0.717, 1.165) is 25.7 Å². The third kappa shape index (κ3) is 5.22. The summed E-state index contributed by atoms with van der Waals surface area (Å²) in [5.74, 6) is -0.274.